The van der Waals surface area contributed by atoms with Crippen LogP contribution in [-0.2, 0) is 9.59 Å². The Morgan fingerprint density at radius 3 is 2.29 bits per heavy atom. The molecule has 0 saturated carbocycles. The van der Waals surface area contributed by atoms with Crippen LogP contribution in [0.3, 0.4) is 0 Å². The summed E-state index contributed by atoms with van der Waals surface area (Å²) < 4.78 is 5.26. The lowest BCUT2D eigenvalue weighted by atomic mass is 9.83. The van der Waals surface area contributed by atoms with Gasteiger partial charge in [-0.3, -0.25) is 14.4 Å². The Bertz CT molecular complexity index is 1660. The molecule has 4 aromatic rings. The van der Waals surface area contributed by atoms with Crippen molar-refractivity contribution in [2.75, 3.05) is 12.0 Å². The van der Waals surface area contributed by atoms with Crippen LogP contribution in [0.15, 0.2) is 97.2 Å². The van der Waals surface area contributed by atoms with E-state index < -0.39 is 23.9 Å². The molecule has 0 bridgehead atoms. The minimum absolute atomic E-state index is 0.185. The molecule has 4 aromatic carbocycles. The smallest absolute Gasteiger partial charge is 0.240 e. The quantitative estimate of drug-likeness (QED) is 0.283. The molecule has 0 aliphatic carbocycles. The van der Waals surface area contributed by atoms with Crippen LogP contribution in [0.1, 0.15) is 27.5 Å². The van der Waals surface area contributed by atoms with E-state index in [1.165, 1.54) is 4.90 Å². The van der Waals surface area contributed by atoms with Gasteiger partial charge in [-0.2, -0.15) is 0 Å². The Kier molecular flexibility index (Phi) is 4.98. The zero-order valence-electron chi connectivity index (χ0n) is 20.7. The van der Waals surface area contributed by atoms with Gasteiger partial charge in [0.2, 0.25) is 11.8 Å². The number of Topliss-reactive ketones (excluding diaryl/α,β-unsaturated/α-hetero) is 1. The Morgan fingerprint density at radius 1 is 0.789 bits per heavy atom. The lowest BCUT2D eigenvalue weighted by Crippen LogP contribution is -2.44. The van der Waals surface area contributed by atoms with E-state index in [2.05, 4.69) is 0 Å². The minimum Gasteiger partial charge on any atom is -0.497 e. The van der Waals surface area contributed by atoms with E-state index >= 15 is 0 Å². The zero-order chi connectivity index (χ0) is 26.0. The maximum Gasteiger partial charge on any atom is 0.240 e. The van der Waals surface area contributed by atoms with Gasteiger partial charge < -0.3 is 9.64 Å². The predicted molar refractivity (Wildman–Crippen MR) is 145 cm³/mol. The molecule has 3 aliphatic heterocycles. The highest BCUT2D eigenvalue weighted by molar-refractivity contribution is 6.25. The summed E-state index contributed by atoms with van der Waals surface area (Å²) in [6, 6.07) is 27.0. The molecule has 0 aromatic heterocycles. The highest BCUT2D eigenvalue weighted by atomic mass is 16.5. The van der Waals surface area contributed by atoms with E-state index in [9.17, 15) is 14.4 Å². The molecule has 6 nitrogen and oxygen atoms in total. The number of ketones is 1. The number of ether oxygens (including phenoxy) is 1. The van der Waals surface area contributed by atoms with Gasteiger partial charge in [0.1, 0.15) is 11.8 Å². The molecule has 0 radical (unpaired) electrons. The maximum absolute atomic E-state index is 14.1. The topological polar surface area (TPSA) is 66.9 Å². The van der Waals surface area contributed by atoms with Crippen LogP contribution in [-0.4, -0.2) is 35.6 Å². The van der Waals surface area contributed by atoms with Gasteiger partial charge in [-0.1, -0.05) is 54.6 Å². The lowest BCUT2D eigenvalue weighted by molar-refractivity contribution is -0.123. The van der Waals surface area contributed by atoms with E-state index in [1.807, 2.05) is 83.9 Å². The first-order chi connectivity index (χ1) is 18.6. The van der Waals surface area contributed by atoms with Gasteiger partial charge >= 0.3 is 0 Å². The summed E-state index contributed by atoms with van der Waals surface area (Å²) in [7, 11) is 1.57. The first-order valence-corrected chi connectivity index (χ1v) is 12.7. The number of rotatable bonds is 4. The summed E-state index contributed by atoms with van der Waals surface area (Å²) in [6.07, 6.45) is 3.83. The first kappa shape index (κ1) is 22.5. The second kappa shape index (κ2) is 8.42. The number of methoxy groups -OCH3 is 1. The molecule has 2 amide bonds. The SMILES string of the molecule is COc1ccc(C(=O)[C@@H]2[C@@H]3C(=O)N(c4ccc5ccccc5c4)C(=O)[C@@H]3C3c4ccccc4C=CN32)cc1. The second-order valence-electron chi connectivity index (χ2n) is 9.97. The summed E-state index contributed by atoms with van der Waals surface area (Å²) in [5.74, 6) is -1.61. The number of hydrogen-bond acceptors (Lipinski definition) is 5. The number of anilines is 1. The van der Waals surface area contributed by atoms with Crippen LogP contribution in [0.5, 0.6) is 5.75 Å². The van der Waals surface area contributed by atoms with Crippen molar-refractivity contribution < 1.29 is 19.1 Å². The molecule has 3 heterocycles. The van der Waals surface area contributed by atoms with Crippen molar-refractivity contribution in [2.24, 2.45) is 11.8 Å². The fourth-order valence-electron chi connectivity index (χ4n) is 6.35. The number of benzene rings is 4. The molecule has 2 saturated heterocycles. The van der Waals surface area contributed by atoms with Crippen LogP contribution in [0, 0.1) is 11.8 Å². The number of amides is 2. The second-order valence-corrected chi connectivity index (χ2v) is 9.97. The lowest BCUT2D eigenvalue weighted by Gasteiger charge is -2.35. The number of hydrogen-bond donors (Lipinski definition) is 0. The van der Waals surface area contributed by atoms with Crippen molar-refractivity contribution in [1.82, 2.24) is 4.90 Å². The molecule has 3 aliphatic rings. The first-order valence-electron chi connectivity index (χ1n) is 12.7. The average Bonchev–Trinajstić information content (AvgIpc) is 3.44. The van der Waals surface area contributed by atoms with Gasteiger partial charge in [-0.05, 0) is 64.4 Å². The highest BCUT2D eigenvalue weighted by Gasteiger charge is 2.64. The highest BCUT2D eigenvalue weighted by Crippen LogP contribution is 2.53. The van der Waals surface area contributed by atoms with Gasteiger partial charge in [0.15, 0.2) is 5.78 Å². The molecule has 186 valence electrons. The fraction of sp³-hybridized carbons (Fsp3) is 0.156. The molecule has 0 N–H and O–H groups in total. The van der Waals surface area contributed by atoms with Crippen LogP contribution >= 0.6 is 0 Å². The minimum atomic E-state index is -0.802. The summed E-state index contributed by atoms with van der Waals surface area (Å²) >= 11 is 0. The molecule has 4 atom stereocenters. The van der Waals surface area contributed by atoms with E-state index in [1.54, 1.807) is 31.4 Å². The third kappa shape index (κ3) is 3.16. The molecule has 6 heteroatoms. The van der Waals surface area contributed by atoms with Gasteiger partial charge in [0.05, 0.1) is 30.7 Å². The normalized spacial score (nSPS) is 23.4. The van der Waals surface area contributed by atoms with Gasteiger partial charge in [0, 0.05) is 11.8 Å². The van der Waals surface area contributed by atoms with Gasteiger partial charge in [-0.15, -0.1) is 0 Å². The Hall–Kier alpha value is -4.71. The van der Waals surface area contributed by atoms with E-state index in [0.29, 0.717) is 17.0 Å². The number of imide groups is 1. The van der Waals surface area contributed by atoms with Crippen LogP contribution < -0.4 is 9.64 Å². The summed E-state index contributed by atoms with van der Waals surface area (Å²) in [6.45, 7) is 0. The van der Waals surface area contributed by atoms with Crippen molar-refractivity contribution in [2.45, 2.75) is 12.1 Å². The Labute approximate surface area is 219 Å². The monoisotopic (exact) mass is 500 g/mol. The molecular weight excluding hydrogens is 476 g/mol. The van der Waals surface area contributed by atoms with Crippen LogP contribution in [0.25, 0.3) is 16.8 Å². The number of carbonyl (C=O) groups is 3. The zero-order valence-corrected chi connectivity index (χ0v) is 20.7. The van der Waals surface area contributed by atoms with Gasteiger partial charge in [0.25, 0.3) is 0 Å². The number of carbonyl (C=O) groups excluding carboxylic acids is 3. The van der Waals surface area contributed by atoms with Crippen LogP contribution in [0.2, 0.25) is 0 Å². The van der Waals surface area contributed by atoms with E-state index in [0.717, 1.165) is 21.9 Å². The largest absolute Gasteiger partial charge is 0.497 e. The molecule has 1 unspecified atom stereocenters. The third-order valence-corrected chi connectivity index (χ3v) is 8.10. The van der Waals surface area contributed by atoms with Crippen molar-refractivity contribution in [3.63, 3.8) is 0 Å². The summed E-state index contributed by atoms with van der Waals surface area (Å²) in [4.78, 5) is 45.5. The molecule has 0 spiro atoms. The number of fused-ring (bicyclic) bond motifs is 6. The summed E-state index contributed by atoms with van der Waals surface area (Å²) in [5, 5.41) is 1.97. The van der Waals surface area contributed by atoms with Crippen molar-refractivity contribution in [3.05, 3.63) is 114 Å². The average molecular weight is 501 g/mol. The molecule has 7 rings (SSSR count). The standard InChI is InChI=1S/C32H24N2O4/c1-38-24-14-11-21(12-15-24)30(35)29-27-26(28-25-9-5-4-7-20(25)16-17-33(28)29)31(36)34(32(27)37)23-13-10-19-6-2-3-8-22(19)18-23/h2-18,26-29H,1H3/t26-,27+,28?,29-/m0/s1. The maximum atomic E-state index is 14.1. The van der Waals surface area contributed by atoms with Crippen LogP contribution in [0.4, 0.5) is 5.69 Å². The molecule has 2 fully saturated rings. The predicted octanol–water partition coefficient (Wildman–Crippen LogP) is 5.25. The van der Waals surface area contributed by atoms with Crippen molar-refractivity contribution in [1.29, 1.82) is 0 Å². The van der Waals surface area contributed by atoms with Crippen molar-refractivity contribution >= 4 is 40.1 Å². The van der Waals surface area contributed by atoms with E-state index in [4.69, 9.17) is 4.74 Å². The third-order valence-electron chi connectivity index (χ3n) is 8.10. The number of nitrogens with zero attached hydrogens (tertiary/aromatic N) is 2. The van der Waals surface area contributed by atoms with Crippen molar-refractivity contribution in [3.8, 4) is 5.75 Å². The fourth-order valence-corrected chi connectivity index (χ4v) is 6.35. The van der Waals surface area contributed by atoms with E-state index in [-0.39, 0.29) is 17.6 Å². The Balaban J connectivity index is 1.35. The Morgan fingerprint density at radius 2 is 1.50 bits per heavy atom. The molecule has 38 heavy (non-hydrogen) atoms. The van der Waals surface area contributed by atoms with Gasteiger partial charge in [-0.25, -0.2) is 4.90 Å². The summed E-state index contributed by atoms with van der Waals surface area (Å²) in [5.41, 5.74) is 2.97. The molecular formula is C32H24N2O4.